The predicted octanol–water partition coefficient (Wildman–Crippen LogP) is 4.78. The highest BCUT2D eigenvalue weighted by Crippen LogP contribution is 2.42. The maximum atomic E-state index is 14.0. The molecule has 3 aromatic rings. The fourth-order valence-corrected chi connectivity index (χ4v) is 5.36. The molecule has 2 fully saturated rings. The molecule has 4 heterocycles. The van der Waals surface area contributed by atoms with Gasteiger partial charge in [-0.1, -0.05) is 12.1 Å². The van der Waals surface area contributed by atoms with E-state index in [1.807, 2.05) is 30.5 Å². The molecule has 0 saturated carbocycles. The number of pyridine rings is 1. The minimum absolute atomic E-state index is 0.0323. The zero-order valence-electron chi connectivity index (χ0n) is 18.3. The first-order chi connectivity index (χ1) is 15.5. The summed E-state index contributed by atoms with van der Waals surface area (Å²) in [7, 11) is 0. The molecule has 0 bridgehead atoms. The second kappa shape index (κ2) is 8.64. The van der Waals surface area contributed by atoms with E-state index in [1.165, 1.54) is 6.07 Å². The summed E-state index contributed by atoms with van der Waals surface area (Å²) in [6.07, 6.45) is 4.12. The molecule has 166 valence electrons. The van der Waals surface area contributed by atoms with Crippen molar-refractivity contribution in [3.8, 4) is 5.69 Å². The van der Waals surface area contributed by atoms with Crippen LogP contribution < -0.4 is 5.32 Å². The van der Waals surface area contributed by atoms with Gasteiger partial charge in [-0.25, -0.2) is 4.39 Å². The number of nitrogens with one attached hydrogen (secondary N) is 1. The van der Waals surface area contributed by atoms with Gasteiger partial charge in [-0.3, -0.25) is 4.98 Å². The molecule has 3 atom stereocenters. The van der Waals surface area contributed by atoms with Crippen LogP contribution in [0.5, 0.6) is 0 Å². The molecule has 32 heavy (non-hydrogen) atoms. The van der Waals surface area contributed by atoms with Crippen LogP contribution in [0.4, 0.5) is 4.39 Å². The van der Waals surface area contributed by atoms with Gasteiger partial charge < -0.3 is 19.5 Å². The van der Waals surface area contributed by atoms with Crippen molar-refractivity contribution in [1.82, 2.24) is 19.8 Å². The summed E-state index contributed by atoms with van der Waals surface area (Å²) in [5, 5.41) is 4.24. The summed E-state index contributed by atoms with van der Waals surface area (Å²) < 4.78 is 22.0. The van der Waals surface area contributed by atoms with Crippen LogP contribution in [0.25, 0.3) is 5.69 Å². The van der Waals surface area contributed by atoms with Crippen LogP contribution in [0.3, 0.4) is 0 Å². The summed E-state index contributed by atoms with van der Waals surface area (Å²) >= 11 is 5.80. The Hall–Kier alpha value is -2.77. The lowest BCUT2D eigenvalue weighted by Gasteiger charge is -2.30. The van der Waals surface area contributed by atoms with Gasteiger partial charge in [0.25, 0.3) is 0 Å². The van der Waals surface area contributed by atoms with Crippen LogP contribution in [-0.4, -0.2) is 38.8 Å². The number of nitrogens with zero attached hydrogens (tertiary/aromatic N) is 3. The van der Waals surface area contributed by atoms with E-state index in [4.69, 9.17) is 17.0 Å². The van der Waals surface area contributed by atoms with E-state index in [2.05, 4.69) is 39.7 Å². The first-order valence-electron chi connectivity index (χ1n) is 11.1. The normalized spacial score (nSPS) is 23.0. The summed E-state index contributed by atoms with van der Waals surface area (Å²) in [6, 6.07) is 14.8. The van der Waals surface area contributed by atoms with Gasteiger partial charge in [-0.15, -0.1) is 0 Å². The fraction of sp³-hybridized carbons (Fsp3) is 0.360. The molecule has 2 aromatic heterocycles. The highest BCUT2D eigenvalue weighted by atomic mass is 32.1. The molecule has 0 amide bonds. The number of benzene rings is 1. The van der Waals surface area contributed by atoms with Gasteiger partial charge in [0.1, 0.15) is 5.82 Å². The van der Waals surface area contributed by atoms with Crippen molar-refractivity contribution >= 4 is 17.3 Å². The molecule has 5 rings (SSSR count). The number of halogens is 1. The van der Waals surface area contributed by atoms with Crippen LogP contribution in [-0.2, 0) is 4.74 Å². The quantitative estimate of drug-likeness (QED) is 0.567. The lowest BCUT2D eigenvalue weighted by molar-refractivity contribution is 0.0842. The summed E-state index contributed by atoms with van der Waals surface area (Å²) in [6.45, 7) is 5.70. The highest BCUT2D eigenvalue weighted by molar-refractivity contribution is 7.80. The fourth-order valence-electron chi connectivity index (χ4n) is 5.05. The Labute approximate surface area is 193 Å². The van der Waals surface area contributed by atoms with Crippen molar-refractivity contribution in [2.45, 2.75) is 44.9 Å². The monoisotopic (exact) mass is 450 g/mol. The van der Waals surface area contributed by atoms with E-state index in [1.54, 1.807) is 12.1 Å². The summed E-state index contributed by atoms with van der Waals surface area (Å²) in [4.78, 5) is 6.88. The van der Waals surface area contributed by atoms with E-state index in [0.717, 1.165) is 59.4 Å². The van der Waals surface area contributed by atoms with Crippen molar-refractivity contribution in [3.05, 3.63) is 83.2 Å². The number of rotatable bonds is 5. The van der Waals surface area contributed by atoms with Gasteiger partial charge in [0.2, 0.25) is 0 Å². The average Bonchev–Trinajstić information content (AvgIpc) is 3.48. The van der Waals surface area contributed by atoms with Crippen molar-refractivity contribution in [1.29, 1.82) is 0 Å². The SMILES string of the molecule is Cc1cc([C@@H]2[C@@H](c3ccccn3)NC(=S)N2C[C@@H]2CCCO2)c(C)n1-c1cccc(F)c1. The van der Waals surface area contributed by atoms with Gasteiger partial charge >= 0.3 is 0 Å². The van der Waals surface area contributed by atoms with E-state index >= 15 is 0 Å². The van der Waals surface area contributed by atoms with Crippen LogP contribution in [0, 0.1) is 19.7 Å². The minimum atomic E-state index is -0.244. The van der Waals surface area contributed by atoms with Gasteiger partial charge in [-0.05, 0) is 80.9 Å². The predicted molar refractivity (Wildman–Crippen MR) is 126 cm³/mol. The third-order valence-electron chi connectivity index (χ3n) is 6.48. The number of thiocarbonyl (C=S) groups is 1. The Bertz CT molecular complexity index is 1130. The first-order valence-corrected chi connectivity index (χ1v) is 11.5. The van der Waals surface area contributed by atoms with Crippen molar-refractivity contribution in [3.63, 3.8) is 0 Å². The molecule has 2 aliphatic heterocycles. The van der Waals surface area contributed by atoms with E-state index < -0.39 is 0 Å². The van der Waals surface area contributed by atoms with Crippen molar-refractivity contribution < 1.29 is 9.13 Å². The number of ether oxygens (including phenoxy) is 1. The van der Waals surface area contributed by atoms with Crippen molar-refractivity contribution in [2.24, 2.45) is 0 Å². The Kier molecular flexibility index (Phi) is 5.69. The topological polar surface area (TPSA) is 42.3 Å². The summed E-state index contributed by atoms with van der Waals surface area (Å²) in [5.74, 6) is -0.244. The van der Waals surface area contributed by atoms with Crippen LogP contribution in [0.15, 0.2) is 54.7 Å². The smallest absolute Gasteiger partial charge is 0.170 e. The van der Waals surface area contributed by atoms with Crippen LogP contribution in [0.1, 0.15) is 47.6 Å². The maximum Gasteiger partial charge on any atom is 0.170 e. The zero-order valence-corrected chi connectivity index (χ0v) is 19.1. The summed E-state index contributed by atoms with van der Waals surface area (Å²) in [5.41, 5.74) is 5.05. The maximum absolute atomic E-state index is 14.0. The average molecular weight is 451 g/mol. The molecule has 1 N–H and O–H groups in total. The van der Waals surface area contributed by atoms with Crippen molar-refractivity contribution in [2.75, 3.05) is 13.2 Å². The standard InChI is InChI=1S/C25H27FN4OS/c1-16-13-21(17(2)30(16)19-8-5-7-18(26)14-19)24-23(22-10-3-4-11-27-22)28-25(32)29(24)15-20-9-6-12-31-20/h3-5,7-8,10-11,13-14,20,23-24H,6,9,12,15H2,1-2H3,(H,28,32)/t20-,23+,24+/m0/s1. The van der Waals surface area contributed by atoms with E-state index in [-0.39, 0.29) is 24.0 Å². The lowest BCUT2D eigenvalue weighted by Crippen LogP contribution is -2.36. The van der Waals surface area contributed by atoms with Gasteiger partial charge in [0.05, 0.1) is 23.9 Å². The molecule has 2 saturated heterocycles. The zero-order chi connectivity index (χ0) is 22.2. The molecule has 5 nitrogen and oxygen atoms in total. The molecule has 0 radical (unpaired) electrons. The third-order valence-corrected chi connectivity index (χ3v) is 6.83. The molecule has 2 aliphatic rings. The number of hydrogen-bond acceptors (Lipinski definition) is 3. The molecule has 7 heteroatoms. The number of hydrogen-bond donors (Lipinski definition) is 1. The van der Waals surface area contributed by atoms with E-state index in [0.29, 0.717) is 0 Å². The largest absolute Gasteiger partial charge is 0.376 e. The van der Waals surface area contributed by atoms with Gasteiger partial charge in [0, 0.05) is 36.4 Å². The Morgan fingerprint density at radius 1 is 1.19 bits per heavy atom. The number of aromatic nitrogens is 2. The van der Waals surface area contributed by atoms with E-state index in [9.17, 15) is 4.39 Å². The molecule has 0 unspecified atom stereocenters. The third kappa shape index (κ3) is 3.80. The Morgan fingerprint density at radius 2 is 2.06 bits per heavy atom. The minimum Gasteiger partial charge on any atom is -0.376 e. The second-order valence-electron chi connectivity index (χ2n) is 8.56. The Balaban J connectivity index is 1.59. The van der Waals surface area contributed by atoms with Crippen LogP contribution >= 0.6 is 12.2 Å². The second-order valence-corrected chi connectivity index (χ2v) is 8.94. The first kappa shape index (κ1) is 21.1. The highest BCUT2D eigenvalue weighted by Gasteiger charge is 2.42. The van der Waals surface area contributed by atoms with Crippen LogP contribution in [0.2, 0.25) is 0 Å². The van der Waals surface area contributed by atoms with Gasteiger partial charge in [-0.2, -0.15) is 0 Å². The molecule has 0 spiro atoms. The molecule has 0 aliphatic carbocycles. The van der Waals surface area contributed by atoms with Gasteiger partial charge in [0.15, 0.2) is 5.11 Å². The molecular formula is C25H27FN4OS. The molecule has 1 aromatic carbocycles. The number of aryl methyl sites for hydroxylation is 1. The Morgan fingerprint density at radius 3 is 2.78 bits per heavy atom. The molecular weight excluding hydrogens is 423 g/mol. The lowest BCUT2D eigenvalue weighted by atomic mass is 9.96.